The van der Waals surface area contributed by atoms with E-state index < -0.39 is 0 Å². The molecule has 3 heteroatoms. The van der Waals surface area contributed by atoms with Crippen LogP contribution in [0.2, 0.25) is 0 Å². The lowest BCUT2D eigenvalue weighted by molar-refractivity contribution is 0.241. The summed E-state index contributed by atoms with van der Waals surface area (Å²) in [6.07, 6.45) is 0. The summed E-state index contributed by atoms with van der Waals surface area (Å²) in [5, 5.41) is 4.78. The van der Waals surface area contributed by atoms with E-state index in [0.29, 0.717) is 0 Å². The zero-order valence-corrected chi connectivity index (χ0v) is 5.19. The molecule has 0 atom stereocenters. The van der Waals surface area contributed by atoms with Gasteiger partial charge in [-0.05, 0) is 13.8 Å². The fourth-order valence-corrected chi connectivity index (χ4v) is 0.313. The van der Waals surface area contributed by atoms with Gasteiger partial charge in [0.25, 0.3) is 0 Å². The van der Waals surface area contributed by atoms with E-state index in [2.05, 4.69) is 17.7 Å². The normalized spacial score (nSPS) is 9.00. The maximum atomic E-state index is 10.3. The SMILES string of the molecule is [CH2]NC(=O)NC(C)C. The maximum absolute atomic E-state index is 10.3. The summed E-state index contributed by atoms with van der Waals surface area (Å²) in [5.41, 5.74) is 0. The Morgan fingerprint density at radius 3 is 2.25 bits per heavy atom. The van der Waals surface area contributed by atoms with Crippen molar-refractivity contribution in [3.05, 3.63) is 7.05 Å². The van der Waals surface area contributed by atoms with Crippen LogP contribution in [0.15, 0.2) is 0 Å². The second-order valence-electron chi connectivity index (χ2n) is 1.80. The summed E-state index contributed by atoms with van der Waals surface area (Å²) in [6, 6.07) is -0.0586. The first kappa shape index (κ1) is 7.27. The molecule has 0 aliphatic rings. The summed E-state index contributed by atoms with van der Waals surface area (Å²) in [4.78, 5) is 10.3. The molecule has 0 aromatic rings. The molecule has 0 aliphatic carbocycles. The summed E-state index contributed by atoms with van der Waals surface area (Å²) in [6.45, 7) is 3.77. The molecule has 2 N–H and O–H groups in total. The Bertz CT molecular complexity index is 80.5. The van der Waals surface area contributed by atoms with Gasteiger partial charge in [0.15, 0.2) is 0 Å². The third kappa shape index (κ3) is 3.46. The fraction of sp³-hybridized carbons (Fsp3) is 0.600. The number of carbonyl (C=O) groups excluding carboxylic acids is 1. The molecule has 8 heavy (non-hydrogen) atoms. The predicted molar refractivity (Wildman–Crippen MR) is 32.2 cm³/mol. The van der Waals surface area contributed by atoms with Gasteiger partial charge in [0.05, 0.1) is 0 Å². The quantitative estimate of drug-likeness (QED) is 0.513. The molecule has 0 spiro atoms. The largest absolute Gasteiger partial charge is 0.336 e. The maximum Gasteiger partial charge on any atom is 0.315 e. The average molecular weight is 115 g/mol. The van der Waals surface area contributed by atoms with Gasteiger partial charge in [-0.2, -0.15) is 0 Å². The first-order valence-electron chi connectivity index (χ1n) is 2.50. The van der Waals surface area contributed by atoms with Gasteiger partial charge in [-0.15, -0.1) is 0 Å². The molecule has 0 aliphatic heterocycles. The second-order valence-corrected chi connectivity index (χ2v) is 1.80. The van der Waals surface area contributed by atoms with Crippen molar-refractivity contribution in [1.29, 1.82) is 0 Å². The highest BCUT2D eigenvalue weighted by Gasteiger charge is 1.95. The van der Waals surface area contributed by atoms with Crippen LogP contribution in [-0.4, -0.2) is 12.1 Å². The van der Waals surface area contributed by atoms with Crippen molar-refractivity contribution in [3.8, 4) is 0 Å². The molecule has 0 unspecified atom stereocenters. The average Bonchev–Trinajstić information content (AvgIpc) is 1.65. The van der Waals surface area contributed by atoms with Gasteiger partial charge >= 0.3 is 6.03 Å². The molecule has 0 saturated carbocycles. The van der Waals surface area contributed by atoms with Crippen LogP contribution in [0.4, 0.5) is 4.79 Å². The number of amides is 2. The number of rotatable bonds is 1. The molecular weight excluding hydrogens is 104 g/mol. The lowest BCUT2D eigenvalue weighted by atomic mass is 10.4. The minimum atomic E-state index is -0.236. The number of hydrogen-bond donors (Lipinski definition) is 2. The Balaban J connectivity index is 3.25. The zero-order valence-electron chi connectivity index (χ0n) is 5.19. The summed E-state index contributed by atoms with van der Waals surface area (Å²) in [5.74, 6) is 0. The van der Waals surface area contributed by atoms with Crippen LogP contribution in [0.25, 0.3) is 0 Å². The molecule has 0 rings (SSSR count). The number of nitrogens with one attached hydrogen (secondary N) is 2. The number of hydrogen-bond acceptors (Lipinski definition) is 1. The van der Waals surface area contributed by atoms with Crippen LogP contribution < -0.4 is 10.6 Å². The van der Waals surface area contributed by atoms with Crippen LogP contribution in [0.3, 0.4) is 0 Å². The molecule has 0 aromatic carbocycles. The zero-order chi connectivity index (χ0) is 6.57. The van der Waals surface area contributed by atoms with E-state index >= 15 is 0 Å². The molecule has 0 aromatic heterocycles. The van der Waals surface area contributed by atoms with Crippen molar-refractivity contribution in [2.75, 3.05) is 0 Å². The monoisotopic (exact) mass is 115 g/mol. The van der Waals surface area contributed by atoms with Crippen molar-refractivity contribution >= 4 is 6.03 Å². The van der Waals surface area contributed by atoms with Gasteiger partial charge in [0, 0.05) is 13.1 Å². The molecular formula is C5H11N2O. The topological polar surface area (TPSA) is 41.1 Å². The van der Waals surface area contributed by atoms with Gasteiger partial charge in [-0.3, -0.25) is 0 Å². The van der Waals surface area contributed by atoms with E-state index in [9.17, 15) is 4.79 Å². The smallest absolute Gasteiger partial charge is 0.315 e. The Morgan fingerprint density at radius 1 is 1.62 bits per heavy atom. The van der Waals surface area contributed by atoms with E-state index in [1.54, 1.807) is 0 Å². The van der Waals surface area contributed by atoms with Gasteiger partial charge in [-0.1, -0.05) is 0 Å². The van der Waals surface area contributed by atoms with Crippen LogP contribution in [-0.2, 0) is 0 Å². The van der Waals surface area contributed by atoms with E-state index in [0.717, 1.165) is 0 Å². The molecule has 3 nitrogen and oxygen atoms in total. The molecule has 1 radical (unpaired) electrons. The van der Waals surface area contributed by atoms with Crippen molar-refractivity contribution < 1.29 is 4.79 Å². The lowest BCUT2D eigenvalue weighted by Gasteiger charge is -2.05. The highest BCUT2D eigenvalue weighted by Crippen LogP contribution is 1.73. The van der Waals surface area contributed by atoms with Crippen molar-refractivity contribution in [1.82, 2.24) is 10.6 Å². The Kier molecular flexibility index (Phi) is 2.99. The Hall–Kier alpha value is -0.730. The first-order valence-corrected chi connectivity index (χ1v) is 2.50. The van der Waals surface area contributed by atoms with Gasteiger partial charge < -0.3 is 10.6 Å². The summed E-state index contributed by atoms with van der Waals surface area (Å²) < 4.78 is 0. The van der Waals surface area contributed by atoms with Crippen molar-refractivity contribution in [2.24, 2.45) is 0 Å². The fourth-order valence-electron chi connectivity index (χ4n) is 0.313. The third-order valence-corrected chi connectivity index (χ3v) is 0.580. The highest BCUT2D eigenvalue weighted by atomic mass is 16.2. The molecule has 0 saturated heterocycles. The minimum Gasteiger partial charge on any atom is -0.336 e. The van der Waals surface area contributed by atoms with Crippen molar-refractivity contribution in [2.45, 2.75) is 19.9 Å². The Labute approximate surface area is 49.5 Å². The first-order chi connectivity index (χ1) is 3.66. The van der Waals surface area contributed by atoms with Gasteiger partial charge in [0.2, 0.25) is 0 Å². The van der Waals surface area contributed by atoms with E-state index in [1.165, 1.54) is 0 Å². The van der Waals surface area contributed by atoms with Gasteiger partial charge in [-0.25, -0.2) is 4.79 Å². The standard InChI is InChI=1S/C5H11N2O/c1-4(2)7-5(8)6-3/h4H,3H2,1-2H3,(H2,6,7,8). The lowest BCUT2D eigenvalue weighted by Crippen LogP contribution is -2.36. The molecule has 0 heterocycles. The predicted octanol–water partition coefficient (Wildman–Crippen LogP) is 0.486. The highest BCUT2D eigenvalue weighted by molar-refractivity contribution is 5.74. The van der Waals surface area contributed by atoms with Gasteiger partial charge in [0.1, 0.15) is 0 Å². The molecule has 47 valence electrons. The summed E-state index contributed by atoms with van der Waals surface area (Å²) >= 11 is 0. The van der Waals surface area contributed by atoms with E-state index in [1.807, 2.05) is 13.8 Å². The van der Waals surface area contributed by atoms with E-state index in [-0.39, 0.29) is 12.1 Å². The molecule has 0 fully saturated rings. The minimum absolute atomic E-state index is 0.178. The second kappa shape index (κ2) is 3.29. The van der Waals surface area contributed by atoms with Crippen LogP contribution in [0.5, 0.6) is 0 Å². The number of carbonyl (C=O) groups is 1. The van der Waals surface area contributed by atoms with Crippen LogP contribution in [0.1, 0.15) is 13.8 Å². The third-order valence-electron chi connectivity index (χ3n) is 0.580. The van der Waals surface area contributed by atoms with Crippen LogP contribution in [0, 0.1) is 7.05 Å². The Morgan fingerprint density at radius 2 is 2.12 bits per heavy atom. The van der Waals surface area contributed by atoms with Crippen molar-refractivity contribution in [3.63, 3.8) is 0 Å². The molecule has 0 bridgehead atoms. The summed E-state index contributed by atoms with van der Waals surface area (Å²) in [7, 11) is 3.18. The van der Waals surface area contributed by atoms with E-state index in [4.69, 9.17) is 0 Å². The number of urea groups is 1. The molecule has 2 amide bonds. The van der Waals surface area contributed by atoms with Crippen LogP contribution >= 0.6 is 0 Å².